The highest BCUT2D eigenvalue weighted by molar-refractivity contribution is 5.98. The Kier molecular flexibility index (Phi) is 14.3. The smallest absolute Gasteiger partial charge is 0.329 e. The van der Waals surface area contributed by atoms with Gasteiger partial charge in [0.2, 0.25) is 29.5 Å². The molecule has 0 bridgehead atoms. The van der Waals surface area contributed by atoms with Gasteiger partial charge in [-0.3, -0.25) is 24.0 Å². The first-order chi connectivity index (χ1) is 27.9. The van der Waals surface area contributed by atoms with E-state index in [1.807, 2.05) is 13.8 Å². The number of urea groups is 1. The molecule has 3 aliphatic rings. The van der Waals surface area contributed by atoms with Gasteiger partial charge in [-0.15, -0.1) is 0 Å². The quantitative estimate of drug-likeness (QED) is 0.245. The molecular formula is C41H53F2N7O9. The highest BCUT2D eigenvalue weighted by Crippen LogP contribution is 2.27. The van der Waals surface area contributed by atoms with Crippen molar-refractivity contribution in [3.05, 3.63) is 65.2 Å². The van der Waals surface area contributed by atoms with Gasteiger partial charge in [0.05, 0.1) is 6.10 Å². The van der Waals surface area contributed by atoms with E-state index in [0.717, 1.165) is 29.0 Å². The summed E-state index contributed by atoms with van der Waals surface area (Å²) in [4.78, 5) is 101. The number of halogens is 2. The van der Waals surface area contributed by atoms with Crippen LogP contribution in [0, 0.1) is 17.6 Å². The molecule has 3 fully saturated rings. The van der Waals surface area contributed by atoms with Gasteiger partial charge in [-0.2, -0.15) is 0 Å². The van der Waals surface area contributed by atoms with Crippen LogP contribution in [-0.2, 0) is 46.3 Å². The van der Waals surface area contributed by atoms with Crippen LogP contribution in [0.15, 0.2) is 42.5 Å². The maximum atomic E-state index is 14.6. The number of aliphatic hydroxyl groups excluding tert-OH is 1. The maximum absolute atomic E-state index is 14.6. The summed E-state index contributed by atoms with van der Waals surface area (Å²) in [7, 11) is 1.30. The van der Waals surface area contributed by atoms with E-state index in [-0.39, 0.29) is 37.4 Å². The van der Waals surface area contributed by atoms with Gasteiger partial charge < -0.3 is 45.8 Å². The zero-order chi connectivity index (χ0) is 43.3. The number of fused-ring (bicyclic) bond motifs is 2. The second-order valence-corrected chi connectivity index (χ2v) is 15.7. The van der Waals surface area contributed by atoms with E-state index in [1.54, 1.807) is 24.3 Å². The molecule has 0 aromatic heterocycles. The third-order valence-corrected chi connectivity index (χ3v) is 11.0. The normalized spacial score (nSPS) is 26.7. The molecule has 0 unspecified atom stereocenters. The summed E-state index contributed by atoms with van der Waals surface area (Å²) in [6.07, 6.45) is -1.83. The van der Waals surface area contributed by atoms with Gasteiger partial charge in [0, 0.05) is 38.3 Å². The zero-order valence-electron chi connectivity index (χ0n) is 34.0. The lowest BCUT2D eigenvalue weighted by atomic mass is 10.0. The lowest BCUT2D eigenvalue weighted by Crippen LogP contribution is -2.63. The molecule has 3 aliphatic heterocycles. The fourth-order valence-corrected chi connectivity index (χ4v) is 7.97. The number of hydrogen-bond acceptors (Lipinski definition) is 9. The number of hydrogen-bond donors (Lipinski definition) is 5. The number of nitrogens with one attached hydrogen (secondary N) is 4. The fourth-order valence-electron chi connectivity index (χ4n) is 7.97. The molecule has 18 heteroatoms. The van der Waals surface area contributed by atoms with E-state index < -0.39 is 108 Å². The summed E-state index contributed by atoms with van der Waals surface area (Å²) in [5.41, 5.74) is 1.39. The molecule has 2 aromatic carbocycles. The van der Waals surface area contributed by atoms with Crippen LogP contribution in [0.5, 0.6) is 0 Å². The van der Waals surface area contributed by atoms with Crippen LogP contribution in [0.3, 0.4) is 0 Å². The average molecular weight is 826 g/mol. The van der Waals surface area contributed by atoms with Crippen LogP contribution in [-0.4, -0.2) is 130 Å². The molecule has 9 atom stereocenters. The Balaban J connectivity index is 1.51. The molecule has 2 aromatic rings. The van der Waals surface area contributed by atoms with Crippen LogP contribution in [0.25, 0.3) is 0 Å². The van der Waals surface area contributed by atoms with E-state index in [1.165, 1.54) is 37.6 Å². The Labute approximate surface area is 341 Å². The molecule has 3 heterocycles. The number of likely N-dealkylation sites (N-methyl/N-ethyl adjacent to an activating group) is 1. The topological polar surface area (TPSA) is 207 Å². The van der Waals surface area contributed by atoms with Gasteiger partial charge >= 0.3 is 12.0 Å². The van der Waals surface area contributed by atoms with E-state index in [9.17, 15) is 47.4 Å². The Hall–Kier alpha value is -5.65. The van der Waals surface area contributed by atoms with Crippen molar-refractivity contribution < 1.29 is 52.2 Å². The predicted molar refractivity (Wildman–Crippen MR) is 209 cm³/mol. The van der Waals surface area contributed by atoms with E-state index in [0.29, 0.717) is 18.2 Å². The minimum Gasteiger partial charge on any atom is -0.458 e. The van der Waals surface area contributed by atoms with E-state index in [2.05, 4.69) is 21.3 Å². The average Bonchev–Trinajstić information content (AvgIpc) is 3.82. The number of carbonyl (C=O) groups excluding carboxylic acids is 7. The molecular weight excluding hydrogens is 772 g/mol. The third kappa shape index (κ3) is 10.5. The van der Waals surface area contributed by atoms with Crippen LogP contribution in [0.2, 0.25) is 0 Å². The van der Waals surface area contributed by atoms with Gasteiger partial charge in [-0.1, -0.05) is 26.0 Å². The van der Waals surface area contributed by atoms with Crippen molar-refractivity contribution in [2.75, 3.05) is 25.5 Å². The maximum Gasteiger partial charge on any atom is 0.329 e. The first kappa shape index (κ1) is 44.5. The summed E-state index contributed by atoms with van der Waals surface area (Å²) in [5.74, 6) is -6.90. The first-order valence-corrected chi connectivity index (χ1v) is 19.9. The number of ether oxygens (including phenoxy) is 1. The molecule has 0 spiro atoms. The lowest BCUT2D eigenvalue weighted by Gasteiger charge is -2.37. The van der Waals surface area contributed by atoms with Crippen molar-refractivity contribution in [1.29, 1.82) is 0 Å². The molecule has 0 aliphatic carbocycles. The highest BCUT2D eigenvalue weighted by atomic mass is 19.1. The third-order valence-electron chi connectivity index (χ3n) is 11.0. The zero-order valence-corrected chi connectivity index (χ0v) is 34.0. The number of cyclic esters (lactones) is 1. The van der Waals surface area contributed by atoms with Gasteiger partial charge in [-0.05, 0) is 87.8 Å². The molecule has 59 heavy (non-hydrogen) atoms. The minimum absolute atomic E-state index is 0.00155. The SMILES string of the molecule is CCc1ccc(NC(=O)N[C@@H](Cc2cc(F)cc(F)c2)C(=O)N[C@@H]2C(=O)N3CCC[C@H]3C(=O)N(C)[C@@H]([C@H](C)O)C(=O)N[C@@H](C)C(=O)N3C[C@@H](C)C[C@H]3C(=O)O[C@H]2C)cc1. The molecule has 7 amide bonds. The molecule has 5 rings (SSSR count). The van der Waals surface area contributed by atoms with Gasteiger partial charge in [0.15, 0.2) is 0 Å². The first-order valence-electron chi connectivity index (χ1n) is 19.9. The molecule has 3 saturated heterocycles. The standard InChI is InChI=1S/C41H53F2N7O9/c1-7-25-10-12-29(13-11-25)45-41(58)46-30(18-26-16-27(42)19-28(43)17-26)35(52)47-33-24(5)59-40(57)32-15-21(2)20-50(32)37(54)22(3)44-36(53)34(23(4)51)48(6)38(55)31-9-8-14-49(31)39(33)56/h10-13,16-17,19,21-24,30-34,51H,7-9,14-15,18,20H2,1-6H3,(H,44,53)(H,47,52)(H2,45,46,58)/t21-,22-,23-,24-,30-,31-,32-,33-,34-/m0/s1. The number of aryl methyl sites for hydroxylation is 1. The van der Waals surface area contributed by atoms with E-state index >= 15 is 0 Å². The predicted octanol–water partition coefficient (Wildman–Crippen LogP) is 1.63. The van der Waals surface area contributed by atoms with Crippen molar-refractivity contribution >= 4 is 47.2 Å². The number of aliphatic hydroxyl groups is 1. The van der Waals surface area contributed by atoms with Crippen molar-refractivity contribution in [2.24, 2.45) is 5.92 Å². The summed E-state index contributed by atoms with van der Waals surface area (Å²) in [6, 6.07) is 0.519. The van der Waals surface area contributed by atoms with Crippen LogP contribution >= 0.6 is 0 Å². The number of rotatable bonds is 8. The summed E-state index contributed by atoms with van der Waals surface area (Å²) in [6.45, 7) is 8.04. The van der Waals surface area contributed by atoms with Crippen LogP contribution in [0.1, 0.15) is 65.0 Å². The molecule has 5 N–H and O–H groups in total. The van der Waals surface area contributed by atoms with Crippen LogP contribution < -0.4 is 21.3 Å². The Morgan fingerprint density at radius 2 is 1.59 bits per heavy atom. The number of amides is 7. The second-order valence-electron chi connectivity index (χ2n) is 15.7. The fraction of sp³-hybridized carbons (Fsp3) is 0.537. The molecule has 0 radical (unpaired) electrons. The lowest BCUT2D eigenvalue weighted by molar-refractivity contribution is -0.163. The summed E-state index contributed by atoms with van der Waals surface area (Å²) >= 11 is 0. The number of anilines is 1. The largest absolute Gasteiger partial charge is 0.458 e. The van der Waals surface area contributed by atoms with Crippen molar-refractivity contribution in [2.45, 2.75) is 115 Å². The molecule has 320 valence electrons. The number of carbonyl (C=O) groups is 7. The van der Waals surface area contributed by atoms with Crippen molar-refractivity contribution in [3.8, 4) is 0 Å². The van der Waals surface area contributed by atoms with Crippen LogP contribution in [0.4, 0.5) is 19.3 Å². The Morgan fingerprint density at radius 3 is 2.22 bits per heavy atom. The minimum atomic E-state index is -1.69. The monoisotopic (exact) mass is 825 g/mol. The number of esters is 1. The van der Waals surface area contributed by atoms with E-state index in [4.69, 9.17) is 4.74 Å². The molecule has 0 saturated carbocycles. The number of benzene rings is 2. The number of nitrogens with zero attached hydrogens (tertiary/aromatic N) is 3. The van der Waals surface area contributed by atoms with Crippen molar-refractivity contribution in [1.82, 2.24) is 30.7 Å². The van der Waals surface area contributed by atoms with Gasteiger partial charge in [-0.25, -0.2) is 18.4 Å². The summed E-state index contributed by atoms with van der Waals surface area (Å²) < 4.78 is 34.5. The van der Waals surface area contributed by atoms with Crippen molar-refractivity contribution in [3.63, 3.8) is 0 Å². The van der Waals surface area contributed by atoms with Gasteiger partial charge in [0.25, 0.3) is 0 Å². The molecule has 16 nitrogen and oxygen atoms in total. The Bertz CT molecular complexity index is 1910. The summed E-state index contributed by atoms with van der Waals surface area (Å²) in [5, 5.41) is 21.0. The van der Waals surface area contributed by atoms with Gasteiger partial charge in [0.1, 0.15) is 54.0 Å². The Morgan fingerprint density at radius 1 is 0.932 bits per heavy atom. The second kappa shape index (κ2) is 18.9. The highest BCUT2D eigenvalue weighted by Gasteiger charge is 2.47.